The van der Waals surface area contributed by atoms with E-state index in [1.54, 1.807) is 0 Å². The molecule has 4 unspecified atom stereocenters. The van der Waals surface area contributed by atoms with Crippen LogP contribution in [0.2, 0.25) is 0 Å². The Hall–Kier alpha value is -0.280. The number of nitrogens with two attached hydrogens (primary N) is 1. The largest absolute Gasteiger partial charge is 0.396 e. The SMILES string of the molecule is NCCCCCCCCCCOC(O)C(O)C(O)C(O)CCO. The number of rotatable bonds is 16. The molecule has 0 aliphatic carbocycles. The molecule has 7 N–H and O–H groups in total. The number of aliphatic hydroxyl groups excluding tert-OH is 5. The first-order valence-corrected chi connectivity index (χ1v) is 8.69. The zero-order valence-electron chi connectivity index (χ0n) is 14.0. The maximum atomic E-state index is 9.65. The second-order valence-corrected chi connectivity index (χ2v) is 5.94. The molecule has 0 aromatic heterocycles. The van der Waals surface area contributed by atoms with Crippen LogP contribution in [0.1, 0.15) is 57.8 Å². The Morgan fingerprint density at radius 2 is 1.26 bits per heavy atom. The summed E-state index contributed by atoms with van der Waals surface area (Å²) >= 11 is 0. The maximum Gasteiger partial charge on any atom is 0.183 e. The fourth-order valence-electron chi connectivity index (χ4n) is 2.31. The van der Waals surface area contributed by atoms with Crippen molar-refractivity contribution < 1.29 is 30.3 Å². The first-order chi connectivity index (χ1) is 11.0. The van der Waals surface area contributed by atoms with Crippen LogP contribution in [0.15, 0.2) is 0 Å². The number of ether oxygens (including phenoxy) is 1. The average molecular weight is 337 g/mol. The molecule has 0 saturated heterocycles. The Kier molecular flexibility index (Phi) is 15.1. The lowest BCUT2D eigenvalue weighted by Gasteiger charge is -2.26. The van der Waals surface area contributed by atoms with Gasteiger partial charge in [-0.1, -0.05) is 38.5 Å². The summed E-state index contributed by atoms with van der Waals surface area (Å²) in [6.07, 6.45) is 2.65. The van der Waals surface area contributed by atoms with Crippen molar-refractivity contribution in [2.45, 2.75) is 82.4 Å². The minimum Gasteiger partial charge on any atom is -0.396 e. The lowest BCUT2D eigenvalue weighted by Crippen LogP contribution is -2.45. The minimum absolute atomic E-state index is 0.0732. The van der Waals surface area contributed by atoms with Gasteiger partial charge in [0.15, 0.2) is 6.29 Å². The van der Waals surface area contributed by atoms with E-state index in [2.05, 4.69) is 0 Å². The second-order valence-electron chi connectivity index (χ2n) is 5.94. The molecular formula is C16H35NO6. The van der Waals surface area contributed by atoms with Crippen LogP contribution in [0.4, 0.5) is 0 Å². The fraction of sp³-hybridized carbons (Fsp3) is 1.00. The Labute approximate surface area is 139 Å². The normalized spacial score (nSPS) is 17.0. The van der Waals surface area contributed by atoms with Crippen molar-refractivity contribution >= 4 is 0 Å². The van der Waals surface area contributed by atoms with Gasteiger partial charge in [-0.25, -0.2) is 0 Å². The van der Waals surface area contributed by atoms with E-state index < -0.39 is 24.6 Å². The minimum atomic E-state index is -1.60. The van der Waals surface area contributed by atoms with Crippen LogP contribution in [0.3, 0.4) is 0 Å². The van der Waals surface area contributed by atoms with Gasteiger partial charge >= 0.3 is 0 Å². The number of aliphatic hydroxyl groups is 5. The topological polar surface area (TPSA) is 136 Å². The third kappa shape index (κ3) is 11.8. The Morgan fingerprint density at radius 1 is 0.739 bits per heavy atom. The van der Waals surface area contributed by atoms with Gasteiger partial charge in [0.25, 0.3) is 0 Å². The van der Waals surface area contributed by atoms with Gasteiger partial charge in [0.2, 0.25) is 0 Å². The molecule has 0 rings (SSSR count). The highest BCUT2D eigenvalue weighted by Gasteiger charge is 2.30. The molecule has 7 heteroatoms. The van der Waals surface area contributed by atoms with Crippen molar-refractivity contribution in [2.24, 2.45) is 5.73 Å². The second kappa shape index (κ2) is 15.3. The summed E-state index contributed by atoms with van der Waals surface area (Å²) in [4.78, 5) is 0. The average Bonchev–Trinajstić information content (AvgIpc) is 2.55. The molecule has 0 fully saturated rings. The molecule has 140 valence electrons. The van der Waals surface area contributed by atoms with Gasteiger partial charge in [-0.15, -0.1) is 0 Å². The summed E-state index contributed by atoms with van der Waals surface area (Å²) in [6, 6.07) is 0. The number of hydrogen-bond donors (Lipinski definition) is 6. The first kappa shape index (κ1) is 22.7. The third-order valence-corrected chi connectivity index (χ3v) is 3.85. The smallest absolute Gasteiger partial charge is 0.183 e. The van der Waals surface area contributed by atoms with Crippen molar-refractivity contribution in [3.63, 3.8) is 0 Å². The summed E-state index contributed by atoms with van der Waals surface area (Å²) in [7, 11) is 0. The zero-order chi connectivity index (χ0) is 17.5. The monoisotopic (exact) mass is 337 g/mol. The van der Waals surface area contributed by atoms with Gasteiger partial charge in [0.1, 0.15) is 12.2 Å². The quantitative estimate of drug-likeness (QED) is 0.170. The Balaban J connectivity index is 3.56. The first-order valence-electron chi connectivity index (χ1n) is 8.69. The Morgan fingerprint density at radius 3 is 1.78 bits per heavy atom. The zero-order valence-corrected chi connectivity index (χ0v) is 14.0. The summed E-state index contributed by atoms with van der Waals surface area (Å²) in [6.45, 7) is 0.736. The van der Waals surface area contributed by atoms with E-state index in [9.17, 15) is 20.4 Å². The molecule has 0 aromatic carbocycles. The van der Waals surface area contributed by atoms with Crippen molar-refractivity contribution in [3.05, 3.63) is 0 Å². The van der Waals surface area contributed by atoms with Gasteiger partial charge in [-0.2, -0.15) is 0 Å². The summed E-state index contributed by atoms with van der Waals surface area (Å²) in [5.41, 5.74) is 5.43. The van der Waals surface area contributed by atoms with Crippen molar-refractivity contribution in [1.82, 2.24) is 0 Å². The molecule has 0 aliphatic rings. The van der Waals surface area contributed by atoms with E-state index in [1.807, 2.05) is 0 Å². The molecule has 0 radical (unpaired) electrons. The van der Waals surface area contributed by atoms with E-state index >= 15 is 0 Å². The summed E-state index contributed by atoms with van der Waals surface area (Å²) in [5.74, 6) is 0. The molecule has 4 atom stereocenters. The van der Waals surface area contributed by atoms with Crippen LogP contribution in [0.25, 0.3) is 0 Å². The lowest BCUT2D eigenvalue weighted by atomic mass is 10.1. The molecule has 0 saturated carbocycles. The molecule has 7 nitrogen and oxygen atoms in total. The molecule has 0 amide bonds. The highest BCUT2D eigenvalue weighted by atomic mass is 16.6. The van der Waals surface area contributed by atoms with Gasteiger partial charge in [-0.3, -0.25) is 0 Å². The molecule has 23 heavy (non-hydrogen) atoms. The lowest BCUT2D eigenvalue weighted by molar-refractivity contribution is -0.203. The van der Waals surface area contributed by atoms with Crippen LogP contribution >= 0.6 is 0 Å². The van der Waals surface area contributed by atoms with E-state index in [1.165, 1.54) is 25.7 Å². The van der Waals surface area contributed by atoms with Crippen molar-refractivity contribution in [1.29, 1.82) is 0 Å². The maximum absolute atomic E-state index is 9.65. The number of unbranched alkanes of at least 4 members (excludes halogenated alkanes) is 7. The van der Waals surface area contributed by atoms with Crippen molar-refractivity contribution in [3.8, 4) is 0 Å². The highest BCUT2D eigenvalue weighted by molar-refractivity contribution is 4.77. The predicted molar refractivity (Wildman–Crippen MR) is 87.7 cm³/mol. The van der Waals surface area contributed by atoms with Crippen LogP contribution in [-0.4, -0.2) is 69.9 Å². The molecule has 0 heterocycles. The molecule has 0 spiro atoms. The Bertz CT molecular complexity index is 257. The van der Waals surface area contributed by atoms with Crippen LogP contribution in [0, 0.1) is 0 Å². The summed E-state index contributed by atoms with van der Waals surface area (Å²) in [5, 5.41) is 47.0. The standard InChI is InChI=1S/C16H35NO6/c17-10-7-5-3-1-2-4-6-8-12-23-16(22)15(21)14(20)13(19)9-11-18/h13-16,18-22H,1-12,17H2. The predicted octanol–water partition coefficient (Wildman–Crippen LogP) is -0.134. The van der Waals surface area contributed by atoms with Crippen LogP contribution in [-0.2, 0) is 4.74 Å². The van der Waals surface area contributed by atoms with E-state index in [0.717, 1.165) is 32.2 Å². The summed E-state index contributed by atoms with van der Waals surface area (Å²) < 4.78 is 5.07. The molecule has 0 bridgehead atoms. The number of hydrogen-bond acceptors (Lipinski definition) is 7. The van der Waals surface area contributed by atoms with Crippen molar-refractivity contribution in [2.75, 3.05) is 19.8 Å². The molecule has 0 aliphatic heterocycles. The van der Waals surface area contributed by atoms with Crippen LogP contribution < -0.4 is 5.73 Å². The van der Waals surface area contributed by atoms with E-state index in [0.29, 0.717) is 0 Å². The van der Waals surface area contributed by atoms with Gasteiger partial charge in [-0.05, 0) is 25.8 Å². The van der Waals surface area contributed by atoms with E-state index in [-0.39, 0.29) is 19.6 Å². The molecule has 0 aromatic rings. The van der Waals surface area contributed by atoms with Gasteiger partial charge < -0.3 is 36.0 Å². The highest BCUT2D eigenvalue weighted by Crippen LogP contribution is 2.11. The molecular weight excluding hydrogens is 302 g/mol. The van der Waals surface area contributed by atoms with Crippen LogP contribution in [0.5, 0.6) is 0 Å². The van der Waals surface area contributed by atoms with Gasteiger partial charge in [0, 0.05) is 13.2 Å². The fourth-order valence-corrected chi connectivity index (χ4v) is 2.31. The van der Waals surface area contributed by atoms with E-state index in [4.69, 9.17) is 15.6 Å². The van der Waals surface area contributed by atoms with Gasteiger partial charge in [0.05, 0.1) is 6.10 Å². The third-order valence-electron chi connectivity index (χ3n) is 3.85.